The molecule has 0 unspecified atom stereocenters. The zero-order valence-corrected chi connectivity index (χ0v) is 15.3. The number of anilines is 1. The Morgan fingerprint density at radius 2 is 2.04 bits per heavy atom. The van der Waals surface area contributed by atoms with Crippen LogP contribution in [0.5, 0.6) is 0 Å². The summed E-state index contributed by atoms with van der Waals surface area (Å²) in [5, 5.41) is 12.1. The number of rotatable bonds is 9. The summed E-state index contributed by atoms with van der Waals surface area (Å²) in [6.45, 7) is 7.68. The highest BCUT2D eigenvalue weighted by Gasteiger charge is 2.01. The molecule has 0 aliphatic heterocycles. The molecule has 0 aliphatic carbocycles. The first-order chi connectivity index (χ1) is 11.8. The monoisotopic (exact) mass is 345 g/mol. The van der Waals surface area contributed by atoms with Crippen molar-refractivity contribution in [2.24, 2.45) is 4.99 Å². The van der Waals surface area contributed by atoms with E-state index in [1.165, 1.54) is 10.4 Å². The molecule has 0 saturated heterocycles. The van der Waals surface area contributed by atoms with Crippen LogP contribution in [0.25, 0.3) is 0 Å². The molecular weight excluding hydrogens is 318 g/mol. The molecule has 0 fully saturated rings. The predicted octanol–water partition coefficient (Wildman–Crippen LogP) is 3.40. The summed E-state index contributed by atoms with van der Waals surface area (Å²) in [5.74, 6) is 1.83. The van der Waals surface area contributed by atoms with Gasteiger partial charge in [0.1, 0.15) is 5.82 Å². The number of pyridine rings is 1. The third-order valence-corrected chi connectivity index (χ3v) is 4.57. The van der Waals surface area contributed by atoms with Crippen LogP contribution in [-0.4, -0.2) is 30.6 Å². The zero-order valence-electron chi connectivity index (χ0n) is 14.5. The van der Waals surface area contributed by atoms with Crippen molar-refractivity contribution in [3.63, 3.8) is 0 Å². The maximum Gasteiger partial charge on any atom is 0.191 e. The molecule has 0 radical (unpaired) electrons. The molecule has 0 aliphatic rings. The number of unbranched alkanes of at least 4 members (excludes halogenated alkanes) is 1. The van der Waals surface area contributed by atoms with Gasteiger partial charge in [0.2, 0.25) is 0 Å². The highest BCUT2D eigenvalue weighted by atomic mass is 32.1. The number of aryl methyl sites for hydroxylation is 1. The molecule has 0 bridgehead atoms. The second-order valence-electron chi connectivity index (χ2n) is 5.50. The summed E-state index contributed by atoms with van der Waals surface area (Å²) in [7, 11) is 0. The SMILES string of the molecule is CCNC(=NCc1sccc1C)NCCCCNc1ccccn1. The Kier molecular flexibility index (Phi) is 8.10. The average molecular weight is 346 g/mol. The molecule has 0 spiro atoms. The molecule has 2 aromatic rings. The highest BCUT2D eigenvalue weighted by molar-refractivity contribution is 7.10. The van der Waals surface area contributed by atoms with E-state index in [0.717, 1.165) is 50.8 Å². The van der Waals surface area contributed by atoms with Crippen LogP contribution >= 0.6 is 11.3 Å². The molecule has 6 heteroatoms. The minimum Gasteiger partial charge on any atom is -0.370 e. The third-order valence-electron chi connectivity index (χ3n) is 3.56. The summed E-state index contributed by atoms with van der Waals surface area (Å²) >= 11 is 1.77. The van der Waals surface area contributed by atoms with Crippen molar-refractivity contribution in [1.82, 2.24) is 15.6 Å². The maximum atomic E-state index is 4.66. The molecule has 24 heavy (non-hydrogen) atoms. The van der Waals surface area contributed by atoms with E-state index in [0.29, 0.717) is 0 Å². The number of aliphatic imine (C=N–C) groups is 1. The number of hydrogen-bond acceptors (Lipinski definition) is 4. The van der Waals surface area contributed by atoms with Crippen molar-refractivity contribution in [2.45, 2.75) is 33.2 Å². The van der Waals surface area contributed by atoms with Crippen LogP contribution in [-0.2, 0) is 6.54 Å². The van der Waals surface area contributed by atoms with Gasteiger partial charge in [0.05, 0.1) is 6.54 Å². The number of hydrogen-bond donors (Lipinski definition) is 3. The summed E-state index contributed by atoms with van der Waals surface area (Å²) in [5.41, 5.74) is 1.32. The van der Waals surface area contributed by atoms with Crippen LogP contribution in [0.1, 0.15) is 30.2 Å². The Morgan fingerprint density at radius 3 is 2.75 bits per heavy atom. The van der Waals surface area contributed by atoms with Gasteiger partial charge in [0, 0.05) is 30.7 Å². The van der Waals surface area contributed by atoms with Crippen molar-refractivity contribution in [2.75, 3.05) is 25.0 Å². The lowest BCUT2D eigenvalue weighted by atomic mass is 10.3. The highest BCUT2D eigenvalue weighted by Crippen LogP contribution is 2.16. The van der Waals surface area contributed by atoms with E-state index in [4.69, 9.17) is 0 Å². The molecule has 130 valence electrons. The van der Waals surface area contributed by atoms with Crippen molar-refractivity contribution < 1.29 is 0 Å². The van der Waals surface area contributed by atoms with E-state index in [2.05, 4.69) is 51.2 Å². The summed E-state index contributed by atoms with van der Waals surface area (Å²) in [6.07, 6.45) is 3.98. The van der Waals surface area contributed by atoms with Gasteiger partial charge in [-0.25, -0.2) is 9.98 Å². The largest absolute Gasteiger partial charge is 0.370 e. The van der Waals surface area contributed by atoms with Gasteiger partial charge in [-0.3, -0.25) is 0 Å². The van der Waals surface area contributed by atoms with Gasteiger partial charge >= 0.3 is 0 Å². The topological polar surface area (TPSA) is 61.3 Å². The van der Waals surface area contributed by atoms with Crippen LogP contribution in [0.2, 0.25) is 0 Å². The van der Waals surface area contributed by atoms with Crippen LogP contribution in [0.4, 0.5) is 5.82 Å². The summed E-state index contributed by atoms with van der Waals surface area (Å²) in [4.78, 5) is 10.2. The average Bonchev–Trinajstić information content (AvgIpc) is 3.01. The van der Waals surface area contributed by atoms with Crippen LogP contribution < -0.4 is 16.0 Å². The first-order valence-electron chi connectivity index (χ1n) is 8.49. The molecule has 0 saturated carbocycles. The number of aromatic nitrogens is 1. The third kappa shape index (κ3) is 6.58. The van der Waals surface area contributed by atoms with Crippen molar-refractivity contribution in [3.05, 3.63) is 46.3 Å². The van der Waals surface area contributed by atoms with Crippen LogP contribution in [0, 0.1) is 6.92 Å². The lowest BCUT2D eigenvalue weighted by Crippen LogP contribution is -2.37. The number of thiophene rings is 1. The van der Waals surface area contributed by atoms with E-state index >= 15 is 0 Å². The molecule has 2 heterocycles. The Labute approximate surface area is 148 Å². The van der Waals surface area contributed by atoms with E-state index in [1.54, 1.807) is 17.5 Å². The van der Waals surface area contributed by atoms with Crippen molar-refractivity contribution in [3.8, 4) is 0 Å². The first kappa shape index (κ1) is 18.3. The fourth-order valence-electron chi connectivity index (χ4n) is 2.20. The first-order valence-corrected chi connectivity index (χ1v) is 9.37. The van der Waals surface area contributed by atoms with Gasteiger partial charge in [-0.1, -0.05) is 6.07 Å². The smallest absolute Gasteiger partial charge is 0.191 e. The van der Waals surface area contributed by atoms with Crippen molar-refractivity contribution >= 4 is 23.1 Å². The fourth-order valence-corrected chi connectivity index (χ4v) is 3.03. The Bertz CT molecular complexity index is 609. The zero-order chi connectivity index (χ0) is 17.0. The summed E-state index contributed by atoms with van der Waals surface area (Å²) in [6, 6.07) is 8.05. The number of nitrogens with one attached hydrogen (secondary N) is 3. The number of nitrogens with zero attached hydrogens (tertiary/aromatic N) is 2. The molecule has 0 atom stereocenters. The van der Waals surface area contributed by atoms with Crippen molar-refractivity contribution in [1.29, 1.82) is 0 Å². The molecular formula is C18H27N5S. The predicted molar refractivity (Wildman–Crippen MR) is 104 cm³/mol. The van der Waals surface area contributed by atoms with E-state index in [1.807, 2.05) is 18.2 Å². The molecule has 5 nitrogen and oxygen atoms in total. The normalized spacial score (nSPS) is 11.3. The maximum absolute atomic E-state index is 4.66. The second-order valence-corrected chi connectivity index (χ2v) is 6.50. The minimum atomic E-state index is 0.736. The molecule has 0 amide bonds. The van der Waals surface area contributed by atoms with Gasteiger partial charge < -0.3 is 16.0 Å². The Hall–Kier alpha value is -2.08. The van der Waals surface area contributed by atoms with E-state index < -0.39 is 0 Å². The lowest BCUT2D eigenvalue weighted by Gasteiger charge is -2.11. The molecule has 2 rings (SSSR count). The van der Waals surface area contributed by atoms with Crippen LogP contribution in [0.3, 0.4) is 0 Å². The van der Waals surface area contributed by atoms with Gasteiger partial charge in [0.25, 0.3) is 0 Å². The molecule has 3 N–H and O–H groups in total. The van der Waals surface area contributed by atoms with E-state index in [9.17, 15) is 0 Å². The van der Waals surface area contributed by atoms with Gasteiger partial charge in [-0.2, -0.15) is 0 Å². The van der Waals surface area contributed by atoms with Gasteiger partial charge in [-0.15, -0.1) is 11.3 Å². The van der Waals surface area contributed by atoms with E-state index in [-0.39, 0.29) is 0 Å². The second kappa shape index (κ2) is 10.6. The van der Waals surface area contributed by atoms with Gasteiger partial charge in [-0.05, 0) is 55.8 Å². The summed E-state index contributed by atoms with van der Waals surface area (Å²) < 4.78 is 0. The molecule has 0 aromatic carbocycles. The Balaban J connectivity index is 1.65. The standard InChI is InChI=1S/C18H27N5S/c1-3-19-18(23-14-16-15(2)9-13-24-16)22-12-7-6-11-21-17-8-4-5-10-20-17/h4-5,8-10,13H,3,6-7,11-12,14H2,1-2H3,(H,20,21)(H2,19,22,23). The fraction of sp³-hybridized carbons (Fsp3) is 0.444. The molecule has 2 aromatic heterocycles. The lowest BCUT2D eigenvalue weighted by molar-refractivity contribution is 0.712. The minimum absolute atomic E-state index is 0.736. The Morgan fingerprint density at radius 1 is 1.17 bits per heavy atom. The quantitative estimate of drug-likeness (QED) is 0.370. The van der Waals surface area contributed by atoms with Gasteiger partial charge in [0.15, 0.2) is 5.96 Å². The number of guanidine groups is 1. The van der Waals surface area contributed by atoms with Crippen LogP contribution in [0.15, 0.2) is 40.8 Å².